The zero-order valence-electron chi connectivity index (χ0n) is 17.7. The number of benzene rings is 2. The van der Waals surface area contributed by atoms with Gasteiger partial charge < -0.3 is 20.1 Å². The van der Waals surface area contributed by atoms with E-state index in [4.69, 9.17) is 9.47 Å². The third kappa shape index (κ3) is 5.83. The lowest BCUT2D eigenvalue weighted by Gasteiger charge is -2.19. The van der Waals surface area contributed by atoms with Crippen LogP contribution in [0.4, 0.5) is 5.69 Å². The summed E-state index contributed by atoms with van der Waals surface area (Å²) in [5, 5.41) is 5.67. The smallest absolute Gasteiger partial charge is 0.265 e. The fourth-order valence-corrected chi connectivity index (χ4v) is 3.58. The van der Waals surface area contributed by atoms with Gasteiger partial charge in [0.05, 0.1) is 11.3 Å². The van der Waals surface area contributed by atoms with Crippen LogP contribution in [0.5, 0.6) is 5.75 Å². The maximum Gasteiger partial charge on any atom is 0.265 e. The van der Waals surface area contributed by atoms with Gasteiger partial charge in [-0.05, 0) is 74.4 Å². The molecule has 0 aliphatic heterocycles. The summed E-state index contributed by atoms with van der Waals surface area (Å²) in [6, 6.07) is 13.0. The van der Waals surface area contributed by atoms with E-state index in [1.165, 1.54) is 24.0 Å². The normalized spacial score (nSPS) is 13.8. The van der Waals surface area contributed by atoms with Crippen LogP contribution >= 0.6 is 0 Å². The molecular weight excluding hydrogens is 380 g/mol. The molecule has 0 spiro atoms. The standard InChI is InChI=1S/C24H30N2O4/c1-17(30-20-13-12-18-8-3-4-9-19(18)16-20)23(27)26-22-11-6-5-10-21(22)24(28)25-14-7-15-29-2/h5-6,10-13,16-17H,3-4,7-9,14-15H2,1-2H3,(H,25,28)(H,26,27)/t17-/m1/s1. The summed E-state index contributed by atoms with van der Waals surface area (Å²) in [5.74, 6) is 0.167. The molecule has 0 bridgehead atoms. The quantitative estimate of drug-likeness (QED) is 0.618. The van der Waals surface area contributed by atoms with Crippen LogP contribution in [0.2, 0.25) is 0 Å². The van der Waals surface area contributed by atoms with Crippen molar-refractivity contribution in [2.24, 2.45) is 0 Å². The number of rotatable bonds is 9. The first-order chi connectivity index (χ1) is 14.6. The number of fused-ring (bicyclic) bond motifs is 1. The third-order valence-electron chi connectivity index (χ3n) is 5.24. The summed E-state index contributed by atoms with van der Waals surface area (Å²) in [5.41, 5.74) is 3.56. The predicted molar refractivity (Wildman–Crippen MR) is 117 cm³/mol. The number of nitrogens with one attached hydrogen (secondary N) is 2. The molecule has 1 atom stereocenters. The van der Waals surface area contributed by atoms with Crippen molar-refractivity contribution in [2.75, 3.05) is 25.6 Å². The second kappa shape index (κ2) is 10.8. The molecule has 0 aromatic heterocycles. The first-order valence-electron chi connectivity index (χ1n) is 10.5. The fraction of sp³-hybridized carbons (Fsp3) is 0.417. The summed E-state index contributed by atoms with van der Waals surface area (Å²) >= 11 is 0. The Labute approximate surface area is 178 Å². The van der Waals surface area contributed by atoms with Gasteiger partial charge in [0.25, 0.3) is 11.8 Å². The van der Waals surface area contributed by atoms with E-state index >= 15 is 0 Å². The Bertz CT molecular complexity index is 881. The average Bonchev–Trinajstić information content (AvgIpc) is 2.77. The molecule has 0 saturated carbocycles. The minimum Gasteiger partial charge on any atom is -0.481 e. The number of hydrogen-bond acceptors (Lipinski definition) is 4. The number of carbonyl (C=O) groups is 2. The van der Waals surface area contributed by atoms with Gasteiger partial charge in [-0.25, -0.2) is 0 Å². The molecule has 0 saturated heterocycles. The topological polar surface area (TPSA) is 76.7 Å². The van der Waals surface area contributed by atoms with E-state index in [-0.39, 0.29) is 11.8 Å². The lowest BCUT2D eigenvalue weighted by Crippen LogP contribution is -2.32. The molecular formula is C24H30N2O4. The Balaban J connectivity index is 1.60. The van der Waals surface area contributed by atoms with E-state index in [1.807, 2.05) is 12.1 Å². The highest BCUT2D eigenvalue weighted by molar-refractivity contribution is 6.04. The molecule has 2 aromatic carbocycles. The van der Waals surface area contributed by atoms with E-state index < -0.39 is 6.10 Å². The molecule has 1 aliphatic carbocycles. The Morgan fingerprint density at radius 1 is 1.07 bits per heavy atom. The Kier molecular flexibility index (Phi) is 7.85. The van der Waals surface area contributed by atoms with Crippen LogP contribution in [0.3, 0.4) is 0 Å². The van der Waals surface area contributed by atoms with Crippen LogP contribution in [0, 0.1) is 0 Å². The van der Waals surface area contributed by atoms with Crippen LogP contribution in [0.1, 0.15) is 47.7 Å². The number of ether oxygens (including phenoxy) is 2. The molecule has 2 N–H and O–H groups in total. The highest BCUT2D eigenvalue weighted by atomic mass is 16.5. The molecule has 3 rings (SSSR count). The first kappa shape index (κ1) is 21.8. The maximum absolute atomic E-state index is 12.7. The molecule has 2 aromatic rings. The minimum atomic E-state index is -0.690. The molecule has 2 amide bonds. The number of para-hydroxylation sites is 1. The number of aryl methyl sites for hydroxylation is 2. The molecule has 6 nitrogen and oxygen atoms in total. The summed E-state index contributed by atoms with van der Waals surface area (Å²) in [6.07, 6.45) is 4.62. The van der Waals surface area contributed by atoms with Gasteiger partial charge in [0.15, 0.2) is 6.10 Å². The summed E-state index contributed by atoms with van der Waals surface area (Å²) < 4.78 is 10.9. The zero-order chi connectivity index (χ0) is 21.3. The highest BCUT2D eigenvalue weighted by Gasteiger charge is 2.19. The van der Waals surface area contributed by atoms with Crippen molar-refractivity contribution < 1.29 is 19.1 Å². The van der Waals surface area contributed by atoms with Gasteiger partial charge in [-0.15, -0.1) is 0 Å². The first-order valence-corrected chi connectivity index (χ1v) is 10.5. The van der Waals surface area contributed by atoms with Gasteiger partial charge in [-0.1, -0.05) is 18.2 Å². The van der Waals surface area contributed by atoms with E-state index in [9.17, 15) is 9.59 Å². The molecule has 0 heterocycles. The van der Waals surface area contributed by atoms with Gasteiger partial charge in [0.2, 0.25) is 0 Å². The lowest BCUT2D eigenvalue weighted by atomic mass is 9.92. The largest absolute Gasteiger partial charge is 0.481 e. The van der Waals surface area contributed by atoms with E-state index in [2.05, 4.69) is 16.7 Å². The lowest BCUT2D eigenvalue weighted by molar-refractivity contribution is -0.122. The molecule has 0 fully saturated rings. The number of amides is 2. The number of carbonyl (C=O) groups excluding carboxylic acids is 2. The highest BCUT2D eigenvalue weighted by Crippen LogP contribution is 2.26. The molecule has 1 aliphatic rings. The second-order valence-corrected chi connectivity index (χ2v) is 7.53. The second-order valence-electron chi connectivity index (χ2n) is 7.53. The van der Waals surface area contributed by atoms with Crippen LogP contribution < -0.4 is 15.4 Å². The van der Waals surface area contributed by atoms with Crippen molar-refractivity contribution in [1.82, 2.24) is 5.32 Å². The van der Waals surface area contributed by atoms with Gasteiger partial charge in [-0.3, -0.25) is 9.59 Å². The minimum absolute atomic E-state index is 0.231. The van der Waals surface area contributed by atoms with Crippen molar-refractivity contribution in [3.63, 3.8) is 0 Å². The Morgan fingerprint density at radius 2 is 1.83 bits per heavy atom. The van der Waals surface area contributed by atoms with Crippen LogP contribution in [0.25, 0.3) is 0 Å². The molecule has 6 heteroatoms. The summed E-state index contributed by atoms with van der Waals surface area (Å²) in [6.45, 7) is 2.80. The number of methoxy groups -OCH3 is 1. The number of hydrogen-bond donors (Lipinski definition) is 2. The van der Waals surface area contributed by atoms with Gasteiger partial charge in [0, 0.05) is 20.3 Å². The van der Waals surface area contributed by atoms with E-state index in [1.54, 1.807) is 38.3 Å². The van der Waals surface area contributed by atoms with Crippen molar-refractivity contribution >= 4 is 17.5 Å². The predicted octanol–water partition coefficient (Wildman–Crippen LogP) is 3.74. The summed E-state index contributed by atoms with van der Waals surface area (Å²) in [7, 11) is 1.63. The third-order valence-corrected chi connectivity index (χ3v) is 5.24. The average molecular weight is 411 g/mol. The molecule has 30 heavy (non-hydrogen) atoms. The fourth-order valence-electron chi connectivity index (χ4n) is 3.58. The van der Waals surface area contributed by atoms with Crippen molar-refractivity contribution in [2.45, 2.75) is 45.1 Å². The summed E-state index contributed by atoms with van der Waals surface area (Å²) in [4.78, 5) is 25.2. The SMILES string of the molecule is COCCCNC(=O)c1ccccc1NC(=O)[C@@H](C)Oc1ccc2c(c1)CCCC2. The van der Waals surface area contributed by atoms with Crippen LogP contribution in [0.15, 0.2) is 42.5 Å². The molecule has 0 radical (unpaired) electrons. The zero-order valence-corrected chi connectivity index (χ0v) is 17.7. The van der Waals surface area contributed by atoms with Crippen LogP contribution in [-0.2, 0) is 22.4 Å². The monoisotopic (exact) mass is 410 g/mol. The van der Waals surface area contributed by atoms with Gasteiger partial charge in [-0.2, -0.15) is 0 Å². The van der Waals surface area contributed by atoms with Crippen molar-refractivity contribution in [3.05, 3.63) is 59.2 Å². The Morgan fingerprint density at radius 3 is 2.63 bits per heavy atom. The van der Waals surface area contributed by atoms with Gasteiger partial charge in [0.1, 0.15) is 5.75 Å². The number of anilines is 1. The molecule has 0 unspecified atom stereocenters. The van der Waals surface area contributed by atoms with E-state index in [0.29, 0.717) is 30.2 Å². The van der Waals surface area contributed by atoms with Crippen molar-refractivity contribution in [1.29, 1.82) is 0 Å². The van der Waals surface area contributed by atoms with Gasteiger partial charge >= 0.3 is 0 Å². The van der Waals surface area contributed by atoms with Crippen molar-refractivity contribution in [3.8, 4) is 5.75 Å². The Hall–Kier alpha value is -2.86. The molecule has 160 valence electrons. The van der Waals surface area contributed by atoms with Crippen LogP contribution in [-0.4, -0.2) is 38.2 Å². The van der Waals surface area contributed by atoms with E-state index in [0.717, 1.165) is 19.3 Å². The maximum atomic E-state index is 12.7.